The van der Waals surface area contributed by atoms with Gasteiger partial charge in [-0.3, -0.25) is 0 Å². The molecule has 6 nitrogen and oxygen atoms in total. The van der Waals surface area contributed by atoms with Crippen LogP contribution in [-0.4, -0.2) is 34.2 Å². The zero-order valence-electron chi connectivity index (χ0n) is 13.9. The van der Waals surface area contributed by atoms with Gasteiger partial charge in [0.25, 0.3) is 0 Å². The molecule has 0 fully saturated rings. The quantitative estimate of drug-likeness (QED) is 0.674. The summed E-state index contributed by atoms with van der Waals surface area (Å²) in [5.41, 5.74) is 1.24. The molecule has 0 aliphatic rings. The number of carbonyl (C=O) groups is 2. The van der Waals surface area contributed by atoms with Crippen LogP contribution < -0.4 is 5.32 Å². The molecule has 128 valence electrons. The SMILES string of the molecule is CNc1cc2cc(C)ccc2cn1.O=C(O)c1cccc(C(=O)O)c1. The zero-order valence-corrected chi connectivity index (χ0v) is 13.9. The highest BCUT2D eigenvalue weighted by molar-refractivity contribution is 5.93. The van der Waals surface area contributed by atoms with Gasteiger partial charge in [0.05, 0.1) is 11.1 Å². The average molecular weight is 338 g/mol. The summed E-state index contributed by atoms with van der Waals surface area (Å²) in [6, 6.07) is 13.6. The fourth-order valence-electron chi connectivity index (χ4n) is 2.18. The highest BCUT2D eigenvalue weighted by atomic mass is 16.4. The van der Waals surface area contributed by atoms with Crippen LogP contribution in [0.5, 0.6) is 0 Å². The highest BCUT2D eigenvalue weighted by Crippen LogP contribution is 2.17. The molecular formula is C19H18N2O4. The van der Waals surface area contributed by atoms with E-state index in [4.69, 9.17) is 10.2 Å². The van der Waals surface area contributed by atoms with Gasteiger partial charge < -0.3 is 15.5 Å². The van der Waals surface area contributed by atoms with Crippen LogP contribution in [-0.2, 0) is 0 Å². The fourth-order valence-corrected chi connectivity index (χ4v) is 2.18. The van der Waals surface area contributed by atoms with Gasteiger partial charge in [-0.15, -0.1) is 0 Å². The van der Waals surface area contributed by atoms with Crippen molar-refractivity contribution in [2.45, 2.75) is 6.92 Å². The number of anilines is 1. The lowest BCUT2D eigenvalue weighted by molar-refractivity contribution is 0.0696. The number of fused-ring (bicyclic) bond motifs is 1. The maximum atomic E-state index is 10.4. The number of aryl methyl sites for hydroxylation is 1. The van der Waals surface area contributed by atoms with Crippen molar-refractivity contribution in [3.05, 3.63) is 71.4 Å². The molecule has 0 saturated heterocycles. The predicted octanol–water partition coefficient (Wildman–Crippen LogP) is 3.67. The van der Waals surface area contributed by atoms with Crippen molar-refractivity contribution >= 4 is 28.5 Å². The van der Waals surface area contributed by atoms with Crippen LogP contribution in [0, 0.1) is 6.92 Å². The van der Waals surface area contributed by atoms with Crippen molar-refractivity contribution in [1.29, 1.82) is 0 Å². The molecule has 0 radical (unpaired) electrons. The van der Waals surface area contributed by atoms with Crippen molar-refractivity contribution in [2.24, 2.45) is 0 Å². The Morgan fingerprint density at radius 2 is 1.56 bits per heavy atom. The summed E-state index contributed by atoms with van der Waals surface area (Å²) >= 11 is 0. The molecule has 0 spiro atoms. The van der Waals surface area contributed by atoms with Crippen LogP contribution in [0.2, 0.25) is 0 Å². The number of hydrogen-bond acceptors (Lipinski definition) is 4. The number of carboxylic acids is 2. The van der Waals surface area contributed by atoms with Crippen molar-refractivity contribution in [1.82, 2.24) is 4.98 Å². The lowest BCUT2D eigenvalue weighted by Crippen LogP contribution is -2.01. The standard InChI is InChI=1S/C11H12N2.C8H6O4/c1-8-3-4-9-7-13-11(12-2)6-10(9)5-8;9-7(10)5-2-1-3-6(4-5)8(11)12/h3-7H,1-2H3,(H,12,13);1-4H,(H,9,10)(H,11,12). The molecule has 3 N–H and O–H groups in total. The van der Waals surface area contributed by atoms with Gasteiger partial charge in [0.2, 0.25) is 0 Å². The molecule has 25 heavy (non-hydrogen) atoms. The Bertz CT molecular complexity index is 893. The predicted molar refractivity (Wildman–Crippen MR) is 96.4 cm³/mol. The molecule has 1 heterocycles. The second kappa shape index (κ2) is 7.92. The second-order valence-electron chi connectivity index (χ2n) is 5.36. The Balaban J connectivity index is 0.000000181. The van der Waals surface area contributed by atoms with Crippen molar-refractivity contribution in [3.63, 3.8) is 0 Å². The molecule has 0 unspecified atom stereocenters. The summed E-state index contributed by atoms with van der Waals surface area (Å²) in [5, 5.41) is 22.4. The third-order valence-corrected chi connectivity index (χ3v) is 3.49. The molecule has 2 aromatic carbocycles. The monoisotopic (exact) mass is 338 g/mol. The lowest BCUT2D eigenvalue weighted by atomic mass is 10.1. The minimum absolute atomic E-state index is 0.0186. The van der Waals surface area contributed by atoms with Crippen LogP contribution in [0.15, 0.2) is 54.7 Å². The molecule has 3 rings (SSSR count). The van der Waals surface area contributed by atoms with Gasteiger partial charge in [-0.25, -0.2) is 14.6 Å². The van der Waals surface area contributed by atoms with Crippen LogP contribution in [0.4, 0.5) is 5.82 Å². The Kier molecular flexibility index (Phi) is 5.68. The van der Waals surface area contributed by atoms with Crippen molar-refractivity contribution < 1.29 is 19.8 Å². The van der Waals surface area contributed by atoms with Crippen LogP contribution in [0.1, 0.15) is 26.3 Å². The molecular weight excluding hydrogens is 320 g/mol. The van der Waals surface area contributed by atoms with Gasteiger partial charge in [-0.2, -0.15) is 0 Å². The Morgan fingerprint density at radius 3 is 2.12 bits per heavy atom. The largest absolute Gasteiger partial charge is 0.478 e. The van der Waals surface area contributed by atoms with E-state index in [0.717, 1.165) is 11.9 Å². The maximum absolute atomic E-state index is 10.4. The van der Waals surface area contributed by atoms with E-state index in [-0.39, 0.29) is 11.1 Å². The highest BCUT2D eigenvalue weighted by Gasteiger charge is 2.06. The van der Waals surface area contributed by atoms with E-state index in [2.05, 4.69) is 41.5 Å². The minimum atomic E-state index is -1.13. The van der Waals surface area contributed by atoms with E-state index in [1.54, 1.807) is 0 Å². The Morgan fingerprint density at radius 1 is 0.920 bits per heavy atom. The number of pyridine rings is 1. The van der Waals surface area contributed by atoms with Gasteiger partial charge in [0.1, 0.15) is 5.82 Å². The zero-order chi connectivity index (χ0) is 18.4. The van der Waals surface area contributed by atoms with Crippen LogP contribution in [0.25, 0.3) is 10.8 Å². The third-order valence-electron chi connectivity index (χ3n) is 3.49. The van der Waals surface area contributed by atoms with Crippen LogP contribution >= 0.6 is 0 Å². The van der Waals surface area contributed by atoms with E-state index in [1.165, 1.54) is 34.5 Å². The number of rotatable bonds is 3. The smallest absolute Gasteiger partial charge is 0.335 e. The molecule has 0 atom stereocenters. The normalized spacial score (nSPS) is 9.84. The minimum Gasteiger partial charge on any atom is -0.478 e. The summed E-state index contributed by atoms with van der Waals surface area (Å²) in [7, 11) is 1.88. The molecule has 1 aromatic heterocycles. The third kappa shape index (κ3) is 4.78. The molecule has 3 aromatic rings. The van der Waals surface area contributed by atoms with E-state index in [9.17, 15) is 9.59 Å². The van der Waals surface area contributed by atoms with Gasteiger partial charge in [0.15, 0.2) is 0 Å². The second-order valence-corrected chi connectivity index (χ2v) is 5.36. The molecule has 6 heteroatoms. The molecule has 0 amide bonds. The van der Waals surface area contributed by atoms with E-state index in [0.29, 0.717) is 0 Å². The molecule has 0 aliphatic carbocycles. The summed E-state index contributed by atoms with van der Waals surface area (Å²) in [5.74, 6) is -1.34. The lowest BCUT2D eigenvalue weighted by Gasteiger charge is -2.02. The summed E-state index contributed by atoms with van der Waals surface area (Å²) < 4.78 is 0. The van der Waals surface area contributed by atoms with Crippen LogP contribution in [0.3, 0.4) is 0 Å². The van der Waals surface area contributed by atoms with E-state index < -0.39 is 11.9 Å². The van der Waals surface area contributed by atoms with E-state index in [1.807, 2.05) is 13.2 Å². The number of nitrogens with zero attached hydrogens (tertiary/aromatic N) is 1. The fraction of sp³-hybridized carbons (Fsp3) is 0.105. The number of aromatic nitrogens is 1. The molecule has 0 saturated carbocycles. The first kappa shape index (κ1) is 17.9. The Hall–Kier alpha value is -3.41. The number of hydrogen-bond donors (Lipinski definition) is 3. The van der Waals surface area contributed by atoms with Crippen molar-refractivity contribution in [3.8, 4) is 0 Å². The number of aromatic carboxylic acids is 2. The number of nitrogens with one attached hydrogen (secondary N) is 1. The average Bonchev–Trinajstić information content (AvgIpc) is 2.61. The summed E-state index contributed by atoms with van der Waals surface area (Å²) in [6.07, 6.45) is 1.89. The molecule has 0 bridgehead atoms. The summed E-state index contributed by atoms with van der Waals surface area (Å²) in [4.78, 5) is 25.0. The number of carboxylic acid groups (broad SMARTS) is 2. The first-order valence-electron chi connectivity index (χ1n) is 7.51. The van der Waals surface area contributed by atoms with Gasteiger partial charge in [0, 0.05) is 18.6 Å². The number of benzene rings is 2. The van der Waals surface area contributed by atoms with Crippen molar-refractivity contribution in [2.75, 3.05) is 12.4 Å². The maximum Gasteiger partial charge on any atom is 0.335 e. The van der Waals surface area contributed by atoms with Gasteiger partial charge >= 0.3 is 11.9 Å². The first-order valence-corrected chi connectivity index (χ1v) is 7.51. The van der Waals surface area contributed by atoms with Gasteiger partial charge in [-0.1, -0.05) is 29.8 Å². The van der Waals surface area contributed by atoms with E-state index >= 15 is 0 Å². The first-order chi connectivity index (χ1) is 11.9. The Labute approximate surface area is 144 Å². The molecule has 0 aliphatic heterocycles. The van der Waals surface area contributed by atoms with Gasteiger partial charge in [-0.05, 0) is 36.6 Å². The summed E-state index contributed by atoms with van der Waals surface area (Å²) in [6.45, 7) is 2.10. The topological polar surface area (TPSA) is 99.5 Å².